The average molecular weight is 355 g/mol. The zero-order valence-corrected chi connectivity index (χ0v) is 17.5. The molecule has 0 saturated heterocycles. The molecule has 1 N–H and O–H groups in total. The number of rotatable bonds is 10. The molecule has 0 saturated carbocycles. The minimum Gasteiger partial charge on any atom is -0.336 e. The standard InChI is InChI=1S/C16H35O2PS2/c1-8-10-11-16(7,9-2)20-21-19(17,18)13-14(3)12-15(4,5)6/h14H,8-13H2,1-7H3,(H,17,18). The molecule has 0 aromatic heterocycles. The lowest BCUT2D eigenvalue weighted by Crippen LogP contribution is -2.17. The summed E-state index contributed by atoms with van der Waals surface area (Å²) in [6.07, 6.45) is 5.95. The zero-order valence-electron chi connectivity index (χ0n) is 14.9. The van der Waals surface area contributed by atoms with Gasteiger partial charge in [-0.3, -0.25) is 4.57 Å². The molecule has 0 aliphatic rings. The Balaban J connectivity index is 4.43. The predicted molar refractivity (Wildman–Crippen MR) is 101 cm³/mol. The van der Waals surface area contributed by atoms with Crippen molar-refractivity contribution in [3.05, 3.63) is 0 Å². The summed E-state index contributed by atoms with van der Waals surface area (Å²) >= 11 is 0. The molecule has 0 aliphatic carbocycles. The van der Waals surface area contributed by atoms with Crippen molar-refractivity contribution in [1.29, 1.82) is 0 Å². The van der Waals surface area contributed by atoms with E-state index in [2.05, 4.69) is 48.5 Å². The topological polar surface area (TPSA) is 37.3 Å². The van der Waals surface area contributed by atoms with Gasteiger partial charge >= 0.3 is 0 Å². The van der Waals surface area contributed by atoms with Crippen LogP contribution >= 0.6 is 27.8 Å². The Kier molecular flexibility index (Phi) is 9.64. The normalized spacial score (nSPS) is 19.8. The van der Waals surface area contributed by atoms with Crippen LogP contribution < -0.4 is 0 Å². The molecular formula is C16H35O2PS2. The van der Waals surface area contributed by atoms with E-state index in [9.17, 15) is 9.46 Å². The number of unbranched alkanes of at least 4 members (excludes halogenated alkanes) is 1. The van der Waals surface area contributed by atoms with Crippen LogP contribution in [0.3, 0.4) is 0 Å². The van der Waals surface area contributed by atoms with E-state index in [0.29, 0.717) is 6.16 Å². The Bertz CT molecular complexity index is 342. The Hall–Kier alpha value is 0.890. The molecule has 0 aliphatic heterocycles. The third kappa shape index (κ3) is 11.1. The van der Waals surface area contributed by atoms with Crippen molar-refractivity contribution in [1.82, 2.24) is 0 Å². The summed E-state index contributed by atoms with van der Waals surface area (Å²) in [7, 11) is 2.88. The molecule has 0 aromatic rings. The Labute approximate surface area is 140 Å². The van der Waals surface area contributed by atoms with E-state index in [-0.39, 0.29) is 16.1 Å². The SMILES string of the molecule is CCCCC(C)(CC)SSP(=O)(O)CC(C)CC(C)(C)C. The van der Waals surface area contributed by atoms with Gasteiger partial charge in [-0.25, -0.2) is 0 Å². The highest BCUT2D eigenvalue weighted by molar-refractivity contribution is 8.99. The first kappa shape index (κ1) is 21.9. The van der Waals surface area contributed by atoms with Crippen LogP contribution in [0.15, 0.2) is 0 Å². The Morgan fingerprint density at radius 1 is 1.19 bits per heavy atom. The third-order valence-electron chi connectivity index (χ3n) is 3.67. The molecule has 3 unspecified atom stereocenters. The number of hydrogen-bond acceptors (Lipinski definition) is 3. The van der Waals surface area contributed by atoms with Gasteiger partial charge in [0.25, 0.3) is 6.57 Å². The lowest BCUT2D eigenvalue weighted by atomic mass is 9.86. The van der Waals surface area contributed by atoms with Gasteiger partial charge in [-0.2, -0.15) is 0 Å². The van der Waals surface area contributed by atoms with E-state index in [4.69, 9.17) is 0 Å². The van der Waals surface area contributed by atoms with E-state index in [1.807, 2.05) is 0 Å². The minimum absolute atomic E-state index is 0.117. The predicted octanol–water partition coefficient (Wildman–Crippen LogP) is 6.98. The van der Waals surface area contributed by atoms with Gasteiger partial charge in [0, 0.05) is 10.9 Å². The van der Waals surface area contributed by atoms with Crippen LogP contribution in [0.25, 0.3) is 0 Å². The van der Waals surface area contributed by atoms with Crippen molar-refractivity contribution in [3.63, 3.8) is 0 Å². The molecule has 0 radical (unpaired) electrons. The van der Waals surface area contributed by atoms with Gasteiger partial charge in [-0.1, -0.05) is 65.2 Å². The number of hydrogen-bond donors (Lipinski definition) is 1. The van der Waals surface area contributed by atoms with Gasteiger partial charge in [0.15, 0.2) is 0 Å². The maximum atomic E-state index is 12.4. The van der Waals surface area contributed by atoms with E-state index >= 15 is 0 Å². The van der Waals surface area contributed by atoms with Crippen LogP contribution in [0.5, 0.6) is 0 Å². The van der Waals surface area contributed by atoms with Crippen LogP contribution in [-0.4, -0.2) is 15.8 Å². The smallest absolute Gasteiger partial charge is 0.265 e. The molecule has 0 aromatic carbocycles. The van der Waals surface area contributed by atoms with Crippen LogP contribution in [0.4, 0.5) is 0 Å². The van der Waals surface area contributed by atoms with Crippen molar-refractivity contribution in [2.75, 3.05) is 6.16 Å². The van der Waals surface area contributed by atoms with Gasteiger partial charge < -0.3 is 4.89 Å². The van der Waals surface area contributed by atoms with Crippen molar-refractivity contribution in [2.24, 2.45) is 11.3 Å². The van der Waals surface area contributed by atoms with Crippen LogP contribution in [0, 0.1) is 11.3 Å². The zero-order chi connectivity index (χ0) is 16.7. The summed E-state index contributed by atoms with van der Waals surface area (Å²) in [5.74, 6) is 0.289. The van der Waals surface area contributed by atoms with Gasteiger partial charge in [0.05, 0.1) is 0 Å². The fraction of sp³-hybridized carbons (Fsp3) is 1.00. The first-order valence-electron chi connectivity index (χ1n) is 8.12. The molecule has 3 atom stereocenters. The lowest BCUT2D eigenvalue weighted by Gasteiger charge is -2.29. The second-order valence-electron chi connectivity index (χ2n) is 7.75. The molecule has 0 fully saturated rings. The monoisotopic (exact) mass is 354 g/mol. The van der Waals surface area contributed by atoms with E-state index in [1.54, 1.807) is 10.8 Å². The highest BCUT2D eigenvalue weighted by Gasteiger charge is 2.31. The first-order chi connectivity index (χ1) is 9.43. The second kappa shape index (κ2) is 9.25. The molecule has 0 heterocycles. The highest BCUT2D eigenvalue weighted by Crippen LogP contribution is 2.65. The van der Waals surface area contributed by atoms with Crippen molar-refractivity contribution < 1.29 is 9.46 Å². The molecule has 21 heavy (non-hydrogen) atoms. The average Bonchev–Trinajstić information content (AvgIpc) is 2.31. The molecule has 128 valence electrons. The molecule has 0 amide bonds. The van der Waals surface area contributed by atoms with Crippen LogP contribution in [0.2, 0.25) is 0 Å². The van der Waals surface area contributed by atoms with Crippen molar-refractivity contribution in [3.8, 4) is 0 Å². The third-order valence-corrected chi connectivity index (χ3v) is 11.3. The fourth-order valence-electron chi connectivity index (χ4n) is 2.51. The lowest BCUT2D eigenvalue weighted by molar-refractivity contribution is 0.318. The molecular weight excluding hydrogens is 319 g/mol. The van der Waals surface area contributed by atoms with Gasteiger partial charge in [-0.15, -0.1) is 0 Å². The molecule has 2 nitrogen and oxygen atoms in total. The maximum absolute atomic E-state index is 12.4. The molecule has 0 rings (SSSR count). The Morgan fingerprint density at radius 2 is 1.76 bits per heavy atom. The fourth-order valence-corrected chi connectivity index (χ4v) is 9.78. The molecule has 0 spiro atoms. The first-order valence-corrected chi connectivity index (χ1v) is 12.7. The van der Waals surface area contributed by atoms with Gasteiger partial charge in [0.2, 0.25) is 0 Å². The maximum Gasteiger partial charge on any atom is 0.265 e. The molecule has 0 bridgehead atoms. The molecule has 5 heteroatoms. The summed E-state index contributed by atoms with van der Waals surface area (Å²) in [4.78, 5) is 10.3. The van der Waals surface area contributed by atoms with Gasteiger partial charge in [-0.05, 0) is 47.9 Å². The van der Waals surface area contributed by atoms with Crippen molar-refractivity contribution >= 4 is 27.8 Å². The van der Waals surface area contributed by atoms with Gasteiger partial charge in [0.1, 0.15) is 0 Å². The van der Waals surface area contributed by atoms with Crippen LogP contribution in [0.1, 0.15) is 80.6 Å². The van der Waals surface area contributed by atoms with E-state index in [0.717, 1.165) is 19.3 Å². The summed E-state index contributed by atoms with van der Waals surface area (Å²) in [5, 5.41) is 0. The summed E-state index contributed by atoms with van der Waals surface area (Å²) in [6, 6.07) is 0. The Morgan fingerprint density at radius 3 is 2.19 bits per heavy atom. The highest BCUT2D eigenvalue weighted by atomic mass is 33.3. The summed E-state index contributed by atoms with van der Waals surface area (Å²) in [6.45, 7) is 12.1. The quantitative estimate of drug-likeness (QED) is 0.339. The largest absolute Gasteiger partial charge is 0.336 e. The van der Waals surface area contributed by atoms with E-state index in [1.165, 1.54) is 23.3 Å². The minimum atomic E-state index is -3.10. The van der Waals surface area contributed by atoms with E-state index < -0.39 is 6.57 Å². The summed E-state index contributed by atoms with van der Waals surface area (Å²) in [5.41, 5.74) is 0.219. The van der Waals surface area contributed by atoms with Crippen molar-refractivity contribution in [2.45, 2.75) is 85.3 Å². The van der Waals surface area contributed by atoms with Crippen LogP contribution in [-0.2, 0) is 4.57 Å². The summed E-state index contributed by atoms with van der Waals surface area (Å²) < 4.78 is 12.6. The second-order valence-corrected chi connectivity index (χ2v) is 14.7.